The number of carboxylic acid groups (broad SMARTS) is 1. The summed E-state index contributed by atoms with van der Waals surface area (Å²) in [6, 6.07) is 0. The molecule has 3 rings (SSSR count). The van der Waals surface area contributed by atoms with Crippen LogP contribution in [0.25, 0.3) is 0 Å². The molecule has 148 valence electrons. The lowest BCUT2D eigenvalue weighted by Gasteiger charge is -2.38. The van der Waals surface area contributed by atoms with Crippen LogP contribution >= 0.6 is 0 Å². The number of amides is 1. The standard InChI is InChI=1S/C18H26F3NO4/c19-18(20,21)13-3-1-2-12(10-13)16(23)22-7-4-11(5-8-22)15-14(17(24)25)6-9-26-15/h11-15H,1-10H2,(H,24,25)/t12?,13?,14?,15-/m0/s1. The predicted molar refractivity (Wildman–Crippen MR) is 86.3 cm³/mol. The van der Waals surface area contributed by atoms with Crippen LogP contribution in [-0.2, 0) is 14.3 Å². The van der Waals surface area contributed by atoms with E-state index >= 15 is 0 Å². The van der Waals surface area contributed by atoms with E-state index in [1.165, 1.54) is 0 Å². The largest absolute Gasteiger partial charge is 0.481 e. The number of aliphatic carboxylic acids is 1. The Labute approximate surface area is 150 Å². The molecule has 4 atom stereocenters. The van der Waals surface area contributed by atoms with E-state index < -0.39 is 29.9 Å². The highest BCUT2D eigenvalue weighted by molar-refractivity contribution is 5.79. The van der Waals surface area contributed by atoms with E-state index in [1.807, 2.05) is 0 Å². The van der Waals surface area contributed by atoms with Crippen molar-refractivity contribution in [1.29, 1.82) is 0 Å². The van der Waals surface area contributed by atoms with Crippen LogP contribution in [0.2, 0.25) is 0 Å². The first-order valence-corrected chi connectivity index (χ1v) is 9.47. The number of nitrogens with zero attached hydrogens (tertiary/aromatic N) is 1. The van der Waals surface area contributed by atoms with Crippen LogP contribution in [0.3, 0.4) is 0 Å². The van der Waals surface area contributed by atoms with Crippen LogP contribution in [0, 0.1) is 23.7 Å². The molecule has 3 fully saturated rings. The molecule has 0 aromatic rings. The van der Waals surface area contributed by atoms with Crippen LogP contribution in [-0.4, -0.2) is 53.9 Å². The number of halogens is 3. The molecule has 1 aliphatic carbocycles. The van der Waals surface area contributed by atoms with Crippen LogP contribution in [0.4, 0.5) is 13.2 Å². The summed E-state index contributed by atoms with van der Waals surface area (Å²) >= 11 is 0. The van der Waals surface area contributed by atoms with Gasteiger partial charge in [0.25, 0.3) is 0 Å². The predicted octanol–water partition coefficient (Wildman–Crippen LogP) is 3.08. The third-order valence-electron chi connectivity index (χ3n) is 6.26. The number of likely N-dealkylation sites (tertiary alicyclic amines) is 1. The molecular weight excluding hydrogens is 351 g/mol. The van der Waals surface area contributed by atoms with E-state index in [2.05, 4.69) is 0 Å². The maximum atomic E-state index is 13.0. The third-order valence-corrected chi connectivity index (χ3v) is 6.26. The number of piperidine rings is 1. The van der Waals surface area contributed by atoms with Gasteiger partial charge in [-0.25, -0.2) is 0 Å². The fraction of sp³-hybridized carbons (Fsp3) is 0.889. The molecule has 2 saturated heterocycles. The van der Waals surface area contributed by atoms with Gasteiger partial charge in [0.1, 0.15) is 0 Å². The molecule has 3 aliphatic rings. The van der Waals surface area contributed by atoms with Gasteiger partial charge in [-0.3, -0.25) is 9.59 Å². The Morgan fingerprint density at radius 2 is 1.73 bits per heavy atom. The monoisotopic (exact) mass is 377 g/mol. The highest BCUT2D eigenvalue weighted by atomic mass is 19.4. The molecule has 0 spiro atoms. The molecule has 1 N–H and O–H groups in total. The summed E-state index contributed by atoms with van der Waals surface area (Å²) < 4.78 is 44.5. The molecular formula is C18H26F3NO4. The van der Waals surface area contributed by atoms with Gasteiger partial charge >= 0.3 is 12.1 Å². The second-order valence-electron chi connectivity index (χ2n) is 7.83. The van der Waals surface area contributed by atoms with Gasteiger partial charge in [-0.2, -0.15) is 13.2 Å². The maximum absolute atomic E-state index is 13.0. The summed E-state index contributed by atoms with van der Waals surface area (Å²) in [4.78, 5) is 25.6. The number of carboxylic acids is 1. The van der Waals surface area contributed by atoms with Gasteiger partial charge in [0.05, 0.1) is 17.9 Å². The van der Waals surface area contributed by atoms with E-state index in [-0.39, 0.29) is 30.8 Å². The van der Waals surface area contributed by atoms with Crippen molar-refractivity contribution in [2.24, 2.45) is 23.7 Å². The summed E-state index contributed by atoms with van der Waals surface area (Å²) in [5, 5.41) is 9.28. The van der Waals surface area contributed by atoms with E-state index in [1.54, 1.807) is 4.90 Å². The smallest absolute Gasteiger partial charge is 0.391 e. The minimum Gasteiger partial charge on any atom is -0.481 e. The van der Waals surface area contributed by atoms with Gasteiger partial charge in [-0.05, 0) is 44.4 Å². The van der Waals surface area contributed by atoms with E-state index in [0.29, 0.717) is 51.8 Å². The van der Waals surface area contributed by atoms with Crippen molar-refractivity contribution in [2.75, 3.05) is 19.7 Å². The van der Waals surface area contributed by atoms with Crippen LogP contribution in [0.15, 0.2) is 0 Å². The van der Waals surface area contributed by atoms with Crippen LogP contribution in [0.5, 0.6) is 0 Å². The second-order valence-corrected chi connectivity index (χ2v) is 7.83. The molecule has 2 aliphatic heterocycles. The summed E-state index contributed by atoms with van der Waals surface area (Å²) in [5.74, 6) is -3.32. The average molecular weight is 377 g/mol. The Kier molecular flexibility index (Phi) is 5.79. The summed E-state index contributed by atoms with van der Waals surface area (Å²) in [5.41, 5.74) is 0. The number of carbonyl (C=O) groups is 2. The number of ether oxygens (including phenoxy) is 1. The van der Waals surface area contributed by atoms with Crippen LogP contribution < -0.4 is 0 Å². The van der Waals surface area contributed by atoms with Gasteiger partial charge in [0.2, 0.25) is 5.91 Å². The summed E-state index contributed by atoms with van der Waals surface area (Å²) in [6.45, 7) is 1.40. The average Bonchev–Trinajstić information content (AvgIpc) is 3.11. The Morgan fingerprint density at radius 3 is 2.35 bits per heavy atom. The molecule has 0 aromatic heterocycles. The first kappa shape index (κ1) is 19.5. The van der Waals surface area contributed by atoms with Crippen LogP contribution in [0.1, 0.15) is 44.9 Å². The van der Waals surface area contributed by atoms with Gasteiger partial charge in [0, 0.05) is 25.6 Å². The first-order chi connectivity index (χ1) is 12.3. The Balaban J connectivity index is 1.53. The molecule has 0 radical (unpaired) electrons. The zero-order chi connectivity index (χ0) is 18.9. The summed E-state index contributed by atoms with van der Waals surface area (Å²) in [7, 11) is 0. The number of rotatable bonds is 3. The number of hydrogen-bond acceptors (Lipinski definition) is 3. The summed E-state index contributed by atoms with van der Waals surface area (Å²) in [6.07, 6.45) is -1.75. The molecule has 3 unspecified atom stereocenters. The maximum Gasteiger partial charge on any atom is 0.391 e. The molecule has 2 heterocycles. The number of hydrogen-bond donors (Lipinski definition) is 1. The first-order valence-electron chi connectivity index (χ1n) is 9.47. The van der Waals surface area contributed by atoms with E-state index in [0.717, 1.165) is 0 Å². The quantitative estimate of drug-likeness (QED) is 0.821. The molecule has 26 heavy (non-hydrogen) atoms. The van der Waals surface area contributed by atoms with E-state index in [4.69, 9.17) is 4.74 Å². The second kappa shape index (κ2) is 7.74. The van der Waals surface area contributed by atoms with Crippen molar-refractivity contribution in [1.82, 2.24) is 4.90 Å². The molecule has 0 bridgehead atoms. The minimum atomic E-state index is -4.22. The zero-order valence-corrected chi connectivity index (χ0v) is 14.7. The third kappa shape index (κ3) is 4.15. The Hall–Kier alpha value is -1.31. The lowest BCUT2D eigenvalue weighted by Crippen LogP contribution is -2.46. The number of alkyl halides is 3. The Morgan fingerprint density at radius 1 is 1.04 bits per heavy atom. The van der Waals surface area contributed by atoms with Crippen molar-refractivity contribution in [3.8, 4) is 0 Å². The van der Waals surface area contributed by atoms with Gasteiger partial charge in [0.15, 0.2) is 0 Å². The number of carbonyl (C=O) groups excluding carboxylic acids is 1. The molecule has 1 saturated carbocycles. The molecule has 5 nitrogen and oxygen atoms in total. The van der Waals surface area contributed by atoms with Crippen molar-refractivity contribution in [3.05, 3.63) is 0 Å². The van der Waals surface area contributed by atoms with Crippen molar-refractivity contribution >= 4 is 11.9 Å². The SMILES string of the molecule is O=C(O)C1CCO[C@H]1C1CCN(C(=O)C2CCCC(C(F)(F)F)C2)CC1. The fourth-order valence-electron chi connectivity index (χ4n) is 4.76. The molecule has 1 amide bonds. The van der Waals surface area contributed by atoms with Crippen molar-refractivity contribution in [3.63, 3.8) is 0 Å². The molecule has 0 aromatic carbocycles. The van der Waals surface area contributed by atoms with E-state index in [9.17, 15) is 27.9 Å². The fourth-order valence-corrected chi connectivity index (χ4v) is 4.76. The lowest BCUT2D eigenvalue weighted by molar-refractivity contribution is -0.187. The van der Waals surface area contributed by atoms with Gasteiger partial charge in [-0.1, -0.05) is 6.42 Å². The highest BCUT2D eigenvalue weighted by Gasteiger charge is 2.45. The van der Waals surface area contributed by atoms with Crippen molar-refractivity contribution in [2.45, 2.75) is 57.2 Å². The normalized spacial score (nSPS) is 34.0. The minimum absolute atomic E-state index is 0.0944. The topological polar surface area (TPSA) is 66.8 Å². The zero-order valence-electron chi connectivity index (χ0n) is 14.7. The lowest BCUT2D eigenvalue weighted by atomic mass is 9.79. The van der Waals surface area contributed by atoms with Crippen molar-refractivity contribution < 1.29 is 32.6 Å². The van der Waals surface area contributed by atoms with Gasteiger partial charge < -0.3 is 14.7 Å². The van der Waals surface area contributed by atoms with Gasteiger partial charge in [-0.15, -0.1) is 0 Å². The highest BCUT2D eigenvalue weighted by Crippen LogP contribution is 2.41. The molecule has 8 heteroatoms. The Bertz CT molecular complexity index is 531.